The van der Waals surface area contributed by atoms with Crippen molar-refractivity contribution in [3.05, 3.63) is 82.3 Å². The first-order chi connectivity index (χ1) is 15.0. The van der Waals surface area contributed by atoms with E-state index in [2.05, 4.69) is 5.32 Å². The number of hydrogen-bond acceptors (Lipinski definition) is 8. The minimum atomic E-state index is -0.865. The third-order valence-corrected chi connectivity index (χ3v) is 4.08. The summed E-state index contributed by atoms with van der Waals surface area (Å²) in [6.45, 7) is -0.600. The molecule has 3 rings (SSSR count). The van der Waals surface area contributed by atoms with E-state index in [1.54, 1.807) is 18.2 Å². The molecule has 0 aliphatic heterocycles. The maximum Gasteiger partial charge on any atom is 0.375 e. The van der Waals surface area contributed by atoms with Gasteiger partial charge in [-0.1, -0.05) is 18.2 Å². The number of methoxy groups -OCH3 is 1. The van der Waals surface area contributed by atoms with Gasteiger partial charge in [0.05, 0.1) is 24.4 Å². The summed E-state index contributed by atoms with van der Waals surface area (Å²) in [6.07, 6.45) is 1.31. The van der Waals surface area contributed by atoms with Gasteiger partial charge >= 0.3 is 5.97 Å². The zero-order valence-electron chi connectivity index (χ0n) is 16.4. The van der Waals surface area contributed by atoms with Gasteiger partial charge in [-0.15, -0.1) is 0 Å². The number of ether oxygens (including phenoxy) is 3. The van der Waals surface area contributed by atoms with Crippen molar-refractivity contribution in [2.45, 2.75) is 6.61 Å². The first-order valence-electron chi connectivity index (χ1n) is 9.01. The molecule has 2 aromatic carbocycles. The Hall–Kier alpha value is -4.34. The van der Waals surface area contributed by atoms with E-state index in [9.17, 15) is 19.7 Å². The molecule has 1 amide bonds. The van der Waals surface area contributed by atoms with Crippen LogP contribution in [0.3, 0.4) is 0 Å². The monoisotopic (exact) mass is 426 g/mol. The van der Waals surface area contributed by atoms with Crippen LogP contribution >= 0.6 is 0 Å². The summed E-state index contributed by atoms with van der Waals surface area (Å²) in [6, 6.07) is 14.5. The molecule has 31 heavy (non-hydrogen) atoms. The molecule has 0 saturated carbocycles. The number of rotatable bonds is 9. The van der Waals surface area contributed by atoms with Gasteiger partial charge in [-0.05, 0) is 30.3 Å². The molecular weight excluding hydrogens is 408 g/mol. The molecule has 0 atom stereocenters. The summed E-state index contributed by atoms with van der Waals surface area (Å²) in [5.74, 6) is -0.840. The van der Waals surface area contributed by atoms with E-state index >= 15 is 0 Å². The number of nitrogens with one attached hydrogen (secondary N) is 1. The second kappa shape index (κ2) is 9.92. The fraction of sp³-hybridized carbons (Fsp3) is 0.143. The van der Waals surface area contributed by atoms with Crippen molar-refractivity contribution in [3.8, 4) is 11.5 Å². The van der Waals surface area contributed by atoms with Gasteiger partial charge < -0.3 is 23.9 Å². The van der Waals surface area contributed by atoms with Crippen LogP contribution in [0.5, 0.6) is 11.5 Å². The fourth-order valence-corrected chi connectivity index (χ4v) is 2.58. The van der Waals surface area contributed by atoms with E-state index in [-0.39, 0.29) is 29.5 Å². The highest BCUT2D eigenvalue weighted by Gasteiger charge is 2.21. The molecule has 0 radical (unpaired) electrons. The van der Waals surface area contributed by atoms with Crippen molar-refractivity contribution in [1.82, 2.24) is 0 Å². The Morgan fingerprint density at radius 3 is 2.58 bits per heavy atom. The van der Waals surface area contributed by atoms with E-state index in [0.717, 1.165) is 0 Å². The molecule has 3 aromatic rings. The average molecular weight is 426 g/mol. The Morgan fingerprint density at radius 1 is 1.10 bits per heavy atom. The van der Waals surface area contributed by atoms with Gasteiger partial charge in [0.1, 0.15) is 23.8 Å². The Morgan fingerprint density at radius 2 is 1.87 bits per heavy atom. The predicted molar refractivity (Wildman–Crippen MR) is 108 cm³/mol. The third kappa shape index (κ3) is 5.60. The number of benzene rings is 2. The summed E-state index contributed by atoms with van der Waals surface area (Å²) in [4.78, 5) is 34.9. The molecule has 0 bridgehead atoms. The highest BCUT2D eigenvalue weighted by atomic mass is 16.6. The quantitative estimate of drug-likeness (QED) is 0.312. The van der Waals surface area contributed by atoms with E-state index in [4.69, 9.17) is 18.6 Å². The summed E-state index contributed by atoms with van der Waals surface area (Å²) >= 11 is 0. The average Bonchev–Trinajstić information content (AvgIpc) is 3.25. The minimum Gasteiger partial charge on any atom is -0.496 e. The van der Waals surface area contributed by atoms with Gasteiger partial charge in [0, 0.05) is 5.56 Å². The van der Waals surface area contributed by atoms with Crippen LogP contribution in [0.4, 0.5) is 11.4 Å². The number of anilines is 1. The number of hydrogen-bond donors (Lipinski definition) is 1. The molecule has 0 fully saturated rings. The van der Waals surface area contributed by atoms with Crippen molar-refractivity contribution in [3.63, 3.8) is 0 Å². The van der Waals surface area contributed by atoms with Crippen LogP contribution < -0.4 is 14.8 Å². The van der Waals surface area contributed by atoms with Crippen LogP contribution in [-0.4, -0.2) is 30.5 Å². The molecule has 0 unspecified atom stereocenters. The van der Waals surface area contributed by atoms with Gasteiger partial charge in [-0.3, -0.25) is 14.9 Å². The summed E-state index contributed by atoms with van der Waals surface area (Å²) in [5, 5.41) is 13.5. The maximum atomic E-state index is 12.3. The van der Waals surface area contributed by atoms with Gasteiger partial charge in [0.25, 0.3) is 11.6 Å². The largest absolute Gasteiger partial charge is 0.496 e. The first kappa shape index (κ1) is 21.4. The highest BCUT2D eigenvalue weighted by Crippen LogP contribution is 2.28. The Labute approximate surface area is 176 Å². The Bertz CT molecular complexity index is 1080. The molecule has 10 nitrogen and oxygen atoms in total. The van der Waals surface area contributed by atoms with Crippen LogP contribution in [0, 0.1) is 10.1 Å². The maximum absolute atomic E-state index is 12.3. The van der Waals surface area contributed by atoms with E-state index in [1.165, 1.54) is 31.6 Å². The van der Waals surface area contributed by atoms with Gasteiger partial charge in [-0.2, -0.15) is 0 Å². The second-order valence-corrected chi connectivity index (χ2v) is 6.14. The molecule has 0 spiro atoms. The topological polar surface area (TPSA) is 130 Å². The lowest BCUT2D eigenvalue weighted by Crippen LogP contribution is -2.21. The lowest BCUT2D eigenvalue weighted by Gasteiger charge is -2.09. The normalized spacial score (nSPS) is 10.2. The van der Waals surface area contributed by atoms with Crippen molar-refractivity contribution in [1.29, 1.82) is 0 Å². The smallest absolute Gasteiger partial charge is 0.375 e. The number of amides is 1. The number of carbonyl (C=O) groups is 2. The second-order valence-electron chi connectivity index (χ2n) is 6.14. The molecule has 10 heteroatoms. The Kier molecular flexibility index (Phi) is 6.84. The van der Waals surface area contributed by atoms with E-state index in [0.29, 0.717) is 11.3 Å². The van der Waals surface area contributed by atoms with Gasteiger partial charge in [0.15, 0.2) is 6.61 Å². The molecule has 0 saturated heterocycles. The van der Waals surface area contributed by atoms with E-state index in [1.807, 2.05) is 18.2 Å². The number of carbonyl (C=O) groups excluding carboxylic acids is 2. The third-order valence-electron chi connectivity index (χ3n) is 4.08. The molecule has 0 aliphatic carbocycles. The van der Waals surface area contributed by atoms with Crippen molar-refractivity contribution in [2.75, 3.05) is 19.0 Å². The predicted octanol–water partition coefficient (Wildman–Crippen LogP) is 3.57. The van der Waals surface area contributed by atoms with Crippen LogP contribution in [0.2, 0.25) is 0 Å². The SMILES string of the molecule is COc1ccc(NC(=O)COC(=O)c2occc2COc2ccccc2)c([N+](=O)[O-])c1. The zero-order valence-corrected chi connectivity index (χ0v) is 16.4. The highest BCUT2D eigenvalue weighted by molar-refractivity contribution is 5.96. The summed E-state index contributed by atoms with van der Waals surface area (Å²) in [7, 11) is 1.37. The minimum absolute atomic E-state index is 0.0539. The van der Waals surface area contributed by atoms with E-state index < -0.39 is 23.4 Å². The first-order valence-corrected chi connectivity index (χ1v) is 9.01. The van der Waals surface area contributed by atoms with Crippen molar-refractivity contribution in [2.24, 2.45) is 0 Å². The number of nitro groups is 1. The number of esters is 1. The fourth-order valence-electron chi connectivity index (χ4n) is 2.58. The standard InChI is InChI=1S/C21H18N2O8/c1-28-16-7-8-17(18(11-16)23(26)27)22-19(24)13-31-21(25)20-14(9-10-29-20)12-30-15-5-3-2-4-6-15/h2-11H,12-13H2,1H3,(H,22,24). The van der Waals surface area contributed by atoms with Crippen molar-refractivity contribution < 1.29 is 33.1 Å². The van der Waals surface area contributed by atoms with Crippen LogP contribution in [0.1, 0.15) is 16.1 Å². The van der Waals surface area contributed by atoms with Gasteiger partial charge in [0.2, 0.25) is 5.76 Å². The zero-order chi connectivity index (χ0) is 22.2. The van der Waals surface area contributed by atoms with Gasteiger partial charge in [-0.25, -0.2) is 4.79 Å². The lowest BCUT2D eigenvalue weighted by molar-refractivity contribution is -0.384. The number of nitro benzene ring substituents is 1. The molecular formula is C21H18N2O8. The van der Waals surface area contributed by atoms with Crippen LogP contribution in [-0.2, 0) is 16.1 Å². The molecule has 1 heterocycles. The van der Waals surface area contributed by atoms with Crippen LogP contribution in [0.25, 0.3) is 0 Å². The summed E-state index contributed by atoms with van der Waals surface area (Å²) in [5.41, 5.74) is 0.0345. The molecule has 1 aromatic heterocycles. The Balaban J connectivity index is 1.57. The van der Waals surface area contributed by atoms with Crippen molar-refractivity contribution >= 4 is 23.3 Å². The molecule has 1 N–H and O–H groups in total. The molecule has 0 aliphatic rings. The van der Waals surface area contributed by atoms with Crippen LogP contribution in [0.15, 0.2) is 65.3 Å². The number of furan rings is 1. The number of para-hydroxylation sites is 1. The number of nitrogens with zero attached hydrogens (tertiary/aromatic N) is 1. The summed E-state index contributed by atoms with van der Waals surface area (Å²) < 4.78 is 20.6. The molecule has 160 valence electrons. The lowest BCUT2D eigenvalue weighted by atomic mass is 10.2.